The van der Waals surface area contributed by atoms with Crippen LogP contribution >= 0.6 is 11.6 Å². The van der Waals surface area contributed by atoms with E-state index >= 15 is 4.39 Å². The Kier molecular flexibility index (Phi) is 8.19. The van der Waals surface area contributed by atoms with E-state index < -0.39 is 29.0 Å². The number of piperazine rings is 1. The molecule has 1 amide bonds. The highest BCUT2D eigenvalue weighted by Crippen LogP contribution is 2.40. The highest BCUT2D eigenvalue weighted by atomic mass is 35.5. The van der Waals surface area contributed by atoms with Crippen molar-refractivity contribution in [2.45, 2.75) is 66.0 Å². The van der Waals surface area contributed by atoms with Crippen LogP contribution in [0.4, 0.5) is 19.4 Å². The van der Waals surface area contributed by atoms with Gasteiger partial charge in [0.15, 0.2) is 5.65 Å². The summed E-state index contributed by atoms with van der Waals surface area (Å²) < 4.78 is 42.6. The molecule has 0 bridgehead atoms. The van der Waals surface area contributed by atoms with Crippen LogP contribution in [0.15, 0.2) is 45.9 Å². The van der Waals surface area contributed by atoms with Gasteiger partial charge in [0.05, 0.1) is 44.7 Å². The summed E-state index contributed by atoms with van der Waals surface area (Å²) in [5.41, 5.74) is 0.541. The minimum Gasteiger partial charge on any atom is -0.463 e. The molecule has 5 aromatic rings. The normalized spacial score (nSPS) is 15.7. The van der Waals surface area contributed by atoms with E-state index in [9.17, 15) is 14.0 Å². The van der Waals surface area contributed by atoms with Gasteiger partial charge in [-0.25, -0.2) is 27.9 Å². The second-order valence-electron chi connectivity index (χ2n) is 13.1. The number of benzene rings is 1. The number of hydrogen-bond donors (Lipinski definition) is 0. The monoisotopic (exact) mass is 664 g/mol. The minimum atomic E-state index is -0.922. The lowest BCUT2D eigenvalue weighted by Crippen LogP contribution is -2.55. The standard InChI is InChI=1S/C34H35ClF2N6O4/c1-17(2)26-28(18(3)8-10-38-26)43-31-21(14-22(35)27(39-31)25-24(37)15-23(36)20-9-13-46-29(20)25)30(40-32(43)44)42-12-11-41(16-19(42)4)33(45)47-34(5,6)7/h8-10,13-15,17,19H,11-12,16H2,1-7H3/t19-/m0/s1. The zero-order valence-corrected chi connectivity index (χ0v) is 27.9. The molecular weight excluding hydrogens is 630 g/mol. The van der Waals surface area contributed by atoms with Crippen LogP contribution in [0.1, 0.15) is 58.7 Å². The number of anilines is 1. The van der Waals surface area contributed by atoms with Crippen LogP contribution < -0.4 is 10.6 Å². The topological polar surface area (TPSA) is 107 Å². The fourth-order valence-corrected chi connectivity index (χ4v) is 6.28. The Morgan fingerprint density at radius 1 is 1.11 bits per heavy atom. The van der Waals surface area contributed by atoms with Gasteiger partial charge in [0, 0.05) is 37.9 Å². The number of amides is 1. The second kappa shape index (κ2) is 11.9. The number of halogens is 3. The van der Waals surface area contributed by atoms with Crippen molar-refractivity contribution in [3.05, 3.63) is 75.1 Å². The van der Waals surface area contributed by atoms with Gasteiger partial charge in [-0.15, -0.1) is 0 Å². The third kappa shape index (κ3) is 5.79. The number of nitrogens with zero attached hydrogens (tertiary/aromatic N) is 6. The summed E-state index contributed by atoms with van der Waals surface area (Å²) in [6, 6.07) is 5.25. The van der Waals surface area contributed by atoms with Crippen molar-refractivity contribution >= 4 is 45.5 Å². The van der Waals surface area contributed by atoms with Crippen molar-refractivity contribution in [3.8, 4) is 16.9 Å². The SMILES string of the molecule is Cc1ccnc(C(C)C)c1-n1c(=O)nc(N2CCN(C(=O)OC(C)(C)C)C[C@@H]2C)c2cc(Cl)c(-c3c(F)cc(F)c4ccoc34)nc21. The van der Waals surface area contributed by atoms with E-state index in [4.69, 9.17) is 25.7 Å². The van der Waals surface area contributed by atoms with Crippen molar-refractivity contribution in [3.63, 3.8) is 0 Å². The van der Waals surface area contributed by atoms with Crippen molar-refractivity contribution < 1.29 is 22.7 Å². The molecule has 1 aromatic carbocycles. The molecule has 1 aliphatic rings. The molecule has 47 heavy (non-hydrogen) atoms. The van der Waals surface area contributed by atoms with Crippen molar-refractivity contribution in [1.82, 2.24) is 24.4 Å². The molecule has 246 valence electrons. The molecule has 1 saturated heterocycles. The molecule has 13 heteroatoms. The number of rotatable bonds is 4. The number of hydrogen-bond acceptors (Lipinski definition) is 8. The van der Waals surface area contributed by atoms with E-state index in [1.165, 1.54) is 16.9 Å². The summed E-state index contributed by atoms with van der Waals surface area (Å²) in [6.45, 7) is 14.1. The minimum absolute atomic E-state index is 0.0302. The van der Waals surface area contributed by atoms with Crippen LogP contribution in [0.3, 0.4) is 0 Å². The van der Waals surface area contributed by atoms with Crippen LogP contribution in [-0.4, -0.2) is 61.8 Å². The third-order valence-corrected chi connectivity index (χ3v) is 8.44. The molecule has 10 nitrogen and oxygen atoms in total. The molecule has 4 aromatic heterocycles. The maximum absolute atomic E-state index is 15.5. The second-order valence-corrected chi connectivity index (χ2v) is 13.5. The predicted molar refractivity (Wildman–Crippen MR) is 177 cm³/mol. The van der Waals surface area contributed by atoms with Gasteiger partial charge in [0.2, 0.25) is 0 Å². The van der Waals surface area contributed by atoms with Crippen molar-refractivity contribution in [1.29, 1.82) is 0 Å². The first-order valence-corrected chi connectivity index (χ1v) is 15.7. The molecule has 0 radical (unpaired) electrons. The van der Waals surface area contributed by atoms with Gasteiger partial charge in [-0.05, 0) is 64.3 Å². The molecule has 5 heterocycles. The zero-order chi connectivity index (χ0) is 33.9. The van der Waals surface area contributed by atoms with Crippen LogP contribution in [0.5, 0.6) is 0 Å². The Morgan fingerprint density at radius 3 is 2.53 bits per heavy atom. The van der Waals surface area contributed by atoms with Crippen LogP contribution in [0, 0.1) is 18.6 Å². The molecule has 0 spiro atoms. The number of aromatic nitrogens is 4. The molecule has 0 aliphatic carbocycles. The van der Waals surface area contributed by atoms with Gasteiger partial charge < -0.3 is 19.0 Å². The van der Waals surface area contributed by atoms with Gasteiger partial charge in [-0.1, -0.05) is 25.4 Å². The van der Waals surface area contributed by atoms with Crippen LogP contribution in [-0.2, 0) is 4.74 Å². The Balaban J connectivity index is 1.60. The molecule has 0 saturated carbocycles. The Labute approximate surface area is 274 Å². The van der Waals surface area contributed by atoms with E-state index in [0.717, 1.165) is 11.6 Å². The molecule has 1 aliphatic heterocycles. The van der Waals surface area contributed by atoms with Gasteiger partial charge in [-0.3, -0.25) is 4.98 Å². The van der Waals surface area contributed by atoms with Crippen molar-refractivity contribution in [2.24, 2.45) is 0 Å². The average Bonchev–Trinajstić information content (AvgIpc) is 3.47. The molecule has 1 fully saturated rings. The van der Waals surface area contributed by atoms with Gasteiger partial charge >= 0.3 is 11.8 Å². The Bertz CT molecular complexity index is 2110. The number of pyridine rings is 2. The number of furan rings is 1. The summed E-state index contributed by atoms with van der Waals surface area (Å²) in [5.74, 6) is -1.47. The zero-order valence-electron chi connectivity index (χ0n) is 27.2. The highest BCUT2D eigenvalue weighted by molar-refractivity contribution is 6.34. The van der Waals surface area contributed by atoms with Gasteiger partial charge in [0.1, 0.15) is 28.6 Å². The lowest BCUT2D eigenvalue weighted by atomic mass is 10.0. The van der Waals surface area contributed by atoms with Gasteiger partial charge in [-0.2, -0.15) is 4.98 Å². The number of carbonyl (C=O) groups is 1. The lowest BCUT2D eigenvalue weighted by Gasteiger charge is -2.41. The van der Waals surface area contributed by atoms with Crippen molar-refractivity contribution in [2.75, 3.05) is 24.5 Å². The first-order chi connectivity index (χ1) is 22.2. The first kappa shape index (κ1) is 32.4. The number of ether oxygens (including phenoxy) is 1. The predicted octanol–water partition coefficient (Wildman–Crippen LogP) is 7.40. The fraction of sp³-hybridized carbons (Fsp3) is 0.382. The van der Waals surface area contributed by atoms with Gasteiger partial charge in [0.25, 0.3) is 0 Å². The quantitative estimate of drug-likeness (QED) is 0.196. The highest BCUT2D eigenvalue weighted by Gasteiger charge is 2.33. The smallest absolute Gasteiger partial charge is 0.410 e. The van der Waals surface area contributed by atoms with E-state index in [2.05, 4.69) is 9.97 Å². The maximum Gasteiger partial charge on any atom is 0.410 e. The fourth-order valence-electron chi connectivity index (χ4n) is 6.03. The summed E-state index contributed by atoms with van der Waals surface area (Å²) >= 11 is 6.86. The number of fused-ring (bicyclic) bond motifs is 2. The van der Waals surface area contributed by atoms with E-state index in [1.54, 1.807) is 23.2 Å². The summed E-state index contributed by atoms with van der Waals surface area (Å²) in [5, 5.41) is 0.530. The van der Waals surface area contributed by atoms with E-state index in [0.29, 0.717) is 42.2 Å². The lowest BCUT2D eigenvalue weighted by molar-refractivity contribution is 0.0218. The summed E-state index contributed by atoms with van der Waals surface area (Å²) in [4.78, 5) is 44.6. The average molecular weight is 665 g/mol. The Hall–Kier alpha value is -4.58. The molecular formula is C34H35ClF2N6O4. The largest absolute Gasteiger partial charge is 0.463 e. The van der Waals surface area contributed by atoms with E-state index in [1.807, 2.05) is 53.4 Å². The maximum atomic E-state index is 15.5. The molecule has 0 unspecified atom stereocenters. The van der Waals surface area contributed by atoms with Crippen LogP contribution in [0.2, 0.25) is 5.02 Å². The number of aryl methyl sites for hydroxylation is 1. The summed E-state index contributed by atoms with van der Waals surface area (Å²) in [6.07, 6.45) is 2.51. The van der Waals surface area contributed by atoms with Crippen LogP contribution in [0.25, 0.3) is 38.9 Å². The van der Waals surface area contributed by atoms with E-state index in [-0.39, 0.29) is 44.9 Å². The first-order valence-electron chi connectivity index (χ1n) is 15.4. The third-order valence-electron chi connectivity index (χ3n) is 8.16. The molecule has 1 atom stereocenters. The Morgan fingerprint density at radius 2 is 1.85 bits per heavy atom. The molecule has 0 N–H and O–H groups in total. The summed E-state index contributed by atoms with van der Waals surface area (Å²) in [7, 11) is 0. The molecule has 6 rings (SSSR count). The number of carbonyl (C=O) groups excluding carboxylic acids is 1.